The van der Waals surface area contributed by atoms with E-state index in [1.165, 1.54) is 27.7 Å². The molecule has 1 aliphatic rings. The van der Waals surface area contributed by atoms with E-state index in [1.807, 2.05) is 0 Å². The van der Waals surface area contributed by atoms with Crippen molar-refractivity contribution >= 4 is 23.9 Å². The molecule has 11 nitrogen and oxygen atoms in total. The van der Waals surface area contributed by atoms with Crippen LogP contribution in [0.4, 0.5) is 0 Å². The zero-order chi connectivity index (χ0) is 20.8. The monoisotopic (exact) mass is 478 g/mol. The van der Waals surface area contributed by atoms with E-state index in [4.69, 9.17) is 23.7 Å². The molecule has 0 bridgehead atoms. The summed E-state index contributed by atoms with van der Waals surface area (Å²) in [6.45, 7) is 4.48. The van der Waals surface area contributed by atoms with Crippen molar-refractivity contribution in [2.45, 2.75) is 58.3 Å². The minimum atomic E-state index is -1.19. The first-order valence-electron chi connectivity index (χ1n) is 8.53. The van der Waals surface area contributed by atoms with Crippen LogP contribution in [0.15, 0.2) is 18.7 Å². The molecule has 0 radical (unpaired) electrons. The summed E-state index contributed by atoms with van der Waals surface area (Å²) in [5.41, 5.74) is 0. The summed E-state index contributed by atoms with van der Waals surface area (Å²) < 4.78 is 28.5. The van der Waals surface area contributed by atoms with E-state index in [2.05, 4.69) is 4.98 Å². The fourth-order valence-corrected chi connectivity index (χ4v) is 2.91. The van der Waals surface area contributed by atoms with Gasteiger partial charge in [-0.2, -0.15) is 0 Å². The summed E-state index contributed by atoms with van der Waals surface area (Å²) in [7, 11) is 0. The van der Waals surface area contributed by atoms with Gasteiger partial charge in [-0.25, -0.2) is 4.57 Å². The van der Waals surface area contributed by atoms with Crippen LogP contribution in [0, 0.1) is 0 Å². The topological polar surface area (TPSA) is 134 Å². The fourth-order valence-electron chi connectivity index (χ4n) is 2.91. The van der Waals surface area contributed by atoms with Crippen LogP contribution < -0.4 is 22.0 Å². The SMILES string of the molecule is CC(=O)OC[C@H]1O[C@@H](n2cc[nH+]c2)[C@H](OC(C)=O)[C@@H](OC(C)=O)[C@@H]1OC(C)=O.[Br-]. The predicted octanol–water partition coefficient (Wildman–Crippen LogP) is -3.44. The number of carbonyl (C=O) groups excluding carboxylic acids is 4. The number of nitrogens with zero attached hydrogens (tertiary/aromatic N) is 1. The number of H-pyrrole nitrogens is 1. The second-order valence-corrected chi connectivity index (χ2v) is 6.15. The number of halogens is 1. The van der Waals surface area contributed by atoms with E-state index < -0.39 is 54.5 Å². The first-order valence-corrected chi connectivity index (χ1v) is 8.53. The number of ether oxygens (including phenoxy) is 5. The molecule has 1 saturated heterocycles. The zero-order valence-corrected chi connectivity index (χ0v) is 17.9. The Hall–Kier alpha value is -2.47. The standard InChI is InChI=1S/C17H22N2O9.BrH/c1-9(20)24-7-13-14(25-10(2)21)15(26-11(3)22)16(27-12(4)23)17(28-13)19-6-5-18-8-19;/h5-6,8,13-17H,7H2,1-4H3;1H/t13-,14-,15+,16-,17-;/m1./s1. The highest BCUT2D eigenvalue weighted by molar-refractivity contribution is 5.68. The minimum absolute atomic E-state index is 0. The van der Waals surface area contributed by atoms with Gasteiger partial charge in [0.2, 0.25) is 18.7 Å². The van der Waals surface area contributed by atoms with Crippen molar-refractivity contribution in [3.05, 3.63) is 18.7 Å². The molecular formula is C17H23BrN2O9. The highest BCUT2D eigenvalue weighted by Crippen LogP contribution is 2.34. The van der Waals surface area contributed by atoms with Gasteiger partial charge in [0.15, 0.2) is 12.2 Å². The van der Waals surface area contributed by atoms with Gasteiger partial charge >= 0.3 is 23.9 Å². The zero-order valence-electron chi connectivity index (χ0n) is 16.3. The van der Waals surface area contributed by atoms with E-state index in [0.717, 1.165) is 0 Å². The van der Waals surface area contributed by atoms with Crippen molar-refractivity contribution in [2.75, 3.05) is 6.61 Å². The predicted molar refractivity (Wildman–Crippen MR) is 88.2 cm³/mol. The Morgan fingerprint density at radius 1 is 0.897 bits per heavy atom. The number of rotatable bonds is 6. The minimum Gasteiger partial charge on any atom is -1.00 e. The lowest BCUT2D eigenvalue weighted by atomic mass is 9.97. The second-order valence-electron chi connectivity index (χ2n) is 6.15. The Kier molecular flexibility index (Phi) is 9.24. The van der Waals surface area contributed by atoms with Crippen molar-refractivity contribution < 1.29 is 64.8 Å². The largest absolute Gasteiger partial charge is 1.00 e. The number of esters is 4. The molecular weight excluding hydrogens is 456 g/mol. The number of carbonyl (C=O) groups is 4. The summed E-state index contributed by atoms with van der Waals surface area (Å²) in [6, 6.07) is 0. The molecule has 0 spiro atoms. The first-order chi connectivity index (χ1) is 13.2. The third kappa shape index (κ3) is 6.82. The van der Waals surface area contributed by atoms with Gasteiger partial charge in [0.1, 0.15) is 25.1 Å². The Bertz CT molecular complexity index is 724. The molecule has 1 N–H and O–H groups in total. The smallest absolute Gasteiger partial charge is 0.303 e. The van der Waals surface area contributed by atoms with Crippen molar-refractivity contribution in [1.82, 2.24) is 4.57 Å². The van der Waals surface area contributed by atoms with Crippen LogP contribution in [0.1, 0.15) is 33.9 Å². The number of aromatic amines is 1. The molecule has 0 aromatic carbocycles. The highest BCUT2D eigenvalue weighted by Gasteiger charge is 2.54. The second kappa shape index (κ2) is 10.9. The van der Waals surface area contributed by atoms with Crippen LogP contribution in [0.5, 0.6) is 0 Å². The Morgan fingerprint density at radius 3 is 1.93 bits per heavy atom. The third-order valence-corrected chi connectivity index (χ3v) is 3.83. The Labute approximate surface area is 177 Å². The van der Waals surface area contributed by atoms with Gasteiger partial charge in [0.25, 0.3) is 0 Å². The molecule has 29 heavy (non-hydrogen) atoms. The molecule has 12 heteroatoms. The molecule has 5 atom stereocenters. The molecule has 1 aromatic heterocycles. The van der Waals surface area contributed by atoms with Crippen molar-refractivity contribution in [1.29, 1.82) is 0 Å². The van der Waals surface area contributed by atoms with Crippen LogP contribution in [0.3, 0.4) is 0 Å². The van der Waals surface area contributed by atoms with Gasteiger partial charge in [0, 0.05) is 27.7 Å². The number of hydrogen-bond donors (Lipinski definition) is 0. The van der Waals surface area contributed by atoms with Crippen molar-refractivity contribution in [3.8, 4) is 0 Å². The molecule has 0 amide bonds. The summed E-state index contributed by atoms with van der Waals surface area (Å²) in [5, 5.41) is 0. The molecule has 162 valence electrons. The number of nitrogens with one attached hydrogen (secondary N) is 1. The lowest BCUT2D eigenvalue weighted by molar-refractivity contribution is -0.380. The van der Waals surface area contributed by atoms with Gasteiger partial charge in [-0.05, 0) is 0 Å². The van der Waals surface area contributed by atoms with Crippen molar-refractivity contribution in [3.63, 3.8) is 0 Å². The maximum Gasteiger partial charge on any atom is 0.303 e. The average molecular weight is 479 g/mol. The summed E-state index contributed by atoms with van der Waals surface area (Å²) in [5.74, 6) is -2.56. The summed E-state index contributed by atoms with van der Waals surface area (Å²) in [6.07, 6.45) is -0.632. The fraction of sp³-hybridized carbons (Fsp3) is 0.588. The van der Waals surface area contributed by atoms with E-state index in [0.29, 0.717) is 0 Å². The Morgan fingerprint density at radius 2 is 1.45 bits per heavy atom. The maximum absolute atomic E-state index is 11.7. The van der Waals surface area contributed by atoms with Crippen LogP contribution >= 0.6 is 0 Å². The van der Waals surface area contributed by atoms with Crippen molar-refractivity contribution in [2.24, 2.45) is 0 Å². The number of aromatic nitrogens is 2. The van der Waals surface area contributed by atoms with Crippen LogP contribution in [0.25, 0.3) is 0 Å². The maximum atomic E-state index is 11.7. The molecule has 0 aliphatic carbocycles. The van der Waals surface area contributed by atoms with Crippen LogP contribution in [-0.4, -0.2) is 59.5 Å². The van der Waals surface area contributed by atoms with Gasteiger partial charge in [-0.15, -0.1) is 0 Å². The lowest BCUT2D eigenvalue weighted by Crippen LogP contribution is -3.00. The van der Waals surface area contributed by atoms with E-state index >= 15 is 0 Å². The molecule has 1 aliphatic heterocycles. The summed E-state index contributed by atoms with van der Waals surface area (Å²) in [4.78, 5) is 49.1. The Balaban J connectivity index is 0.00000420. The van der Waals surface area contributed by atoms with E-state index in [1.54, 1.807) is 23.3 Å². The first kappa shape index (κ1) is 24.6. The van der Waals surface area contributed by atoms with Gasteiger partial charge in [0.05, 0.1) is 0 Å². The van der Waals surface area contributed by atoms with Gasteiger partial charge in [-0.3, -0.25) is 24.2 Å². The molecule has 1 fully saturated rings. The third-order valence-electron chi connectivity index (χ3n) is 3.83. The molecule has 2 rings (SSSR count). The normalized spacial score (nSPS) is 25.9. The molecule has 1 aromatic rings. The highest BCUT2D eigenvalue weighted by atomic mass is 79.9. The van der Waals surface area contributed by atoms with Crippen LogP contribution in [-0.2, 0) is 42.9 Å². The van der Waals surface area contributed by atoms with Gasteiger partial charge < -0.3 is 40.7 Å². The number of imidazole rings is 1. The lowest BCUT2D eigenvalue weighted by Gasteiger charge is -2.42. The van der Waals surface area contributed by atoms with E-state index in [9.17, 15) is 19.2 Å². The quantitative estimate of drug-likeness (QED) is 0.302. The average Bonchev–Trinajstić information content (AvgIpc) is 3.09. The molecule has 0 unspecified atom stereocenters. The van der Waals surface area contributed by atoms with Gasteiger partial charge in [-0.1, -0.05) is 0 Å². The van der Waals surface area contributed by atoms with E-state index in [-0.39, 0.29) is 23.6 Å². The number of hydrogen-bond acceptors (Lipinski definition) is 9. The molecule has 2 heterocycles. The van der Waals surface area contributed by atoms with Crippen LogP contribution in [0.2, 0.25) is 0 Å². The summed E-state index contributed by atoms with van der Waals surface area (Å²) >= 11 is 0. The molecule has 0 saturated carbocycles.